The average molecular weight is 1540 g/mol. The van der Waals surface area contributed by atoms with Gasteiger partial charge in [-0.05, 0) is 48.5 Å². The number of hydrogen-bond donors (Lipinski definition) is 0. The molecule has 0 atom stereocenters. The van der Waals surface area contributed by atoms with Gasteiger partial charge in [-0.15, -0.1) is 0 Å². The maximum atomic E-state index is 15.7. The van der Waals surface area contributed by atoms with Gasteiger partial charge in [0.05, 0.1) is 19.7 Å². The molecule has 1 aliphatic rings. The Bertz CT molecular complexity index is 5480. The van der Waals surface area contributed by atoms with E-state index in [-0.39, 0.29) is 21.5 Å². The van der Waals surface area contributed by atoms with E-state index in [1.807, 2.05) is 0 Å². The fraction of sp³-hybridized carbons (Fsp3) is 0.158. The number of anilines is 4. The molecule has 8 bridgehead atoms. The van der Waals surface area contributed by atoms with E-state index in [0.717, 1.165) is 48.5 Å². The van der Waals surface area contributed by atoms with E-state index >= 15 is 33.7 Å². The molecule has 0 saturated heterocycles. The number of nitrogens with zero attached hydrogens (tertiary/aromatic N) is 8. The van der Waals surface area contributed by atoms with Crippen LogP contribution in [0.25, 0.3) is 43.1 Å². The minimum absolute atomic E-state index is 0.101. The van der Waals surface area contributed by atoms with Gasteiger partial charge < -0.3 is 36.3 Å². The van der Waals surface area contributed by atoms with Gasteiger partial charge in [-0.2, -0.15) is 33.7 Å². The van der Waals surface area contributed by atoms with Crippen molar-refractivity contribution in [1.29, 1.82) is 0 Å². The summed E-state index contributed by atoms with van der Waals surface area (Å²) in [5, 5.41) is 56.4. The monoisotopic (exact) mass is 1540 g/mol. The number of fused-ring (bicyclic) bond motifs is 12. The number of hydrogen-bond acceptors (Lipinski definition) is 24. The summed E-state index contributed by atoms with van der Waals surface area (Å²) in [5.41, 5.74) is -5.73. The van der Waals surface area contributed by atoms with Crippen molar-refractivity contribution in [3.8, 4) is 23.0 Å². The van der Waals surface area contributed by atoms with Crippen molar-refractivity contribution < 1.29 is 70.1 Å². The van der Waals surface area contributed by atoms with Gasteiger partial charge in [-0.25, -0.2) is 0 Å². The average Bonchev–Trinajstić information content (AvgIpc) is 0.761. The zero-order chi connectivity index (χ0) is 77.4. The Labute approximate surface area is 618 Å². The van der Waals surface area contributed by atoms with Crippen LogP contribution in [0.2, 0.25) is 0 Å². The molecule has 0 unspecified atom stereocenters. The fourth-order valence-electron chi connectivity index (χ4n) is 13.8. The quantitative estimate of drug-likeness (QED) is 0.0388. The molecule has 28 nitrogen and oxygen atoms in total. The van der Waals surface area contributed by atoms with E-state index in [4.69, 9.17) is 16.7 Å². The summed E-state index contributed by atoms with van der Waals surface area (Å²) in [6, 6.07) is 42.8. The summed E-state index contributed by atoms with van der Waals surface area (Å²) in [4.78, 5) is 55.8. The van der Waals surface area contributed by atoms with Crippen molar-refractivity contribution in [2.24, 2.45) is 0 Å². The lowest BCUT2D eigenvalue weighted by molar-refractivity contribution is -0.385. The predicted molar refractivity (Wildman–Crippen MR) is 408 cm³/mol. The highest BCUT2D eigenvalue weighted by molar-refractivity contribution is 7.88. The molecule has 0 radical (unpaired) electrons. The number of non-ortho nitro benzene ring substituents is 4. The zero-order valence-electron chi connectivity index (χ0n) is 58.7. The third-order valence-corrected chi connectivity index (χ3v) is 23.6. The van der Waals surface area contributed by atoms with Crippen molar-refractivity contribution in [3.63, 3.8) is 0 Å². The molecule has 0 aliphatic heterocycles. The maximum absolute atomic E-state index is 15.7. The van der Waals surface area contributed by atoms with Crippen LogP contribution < -0.4 is 36.3 Å². The van der Waals surface area contributed by atoms with Crippen LogP contribution in [0.4, 0.5) is 45.5 Å². The molecule has 12 aromatic rings. The molecule has 0 aromatic heterocycles. The molecule has 1 aliphatic carbocycles. The topological polar surface area (TPSA) is 359 Å². The summed E-state index contributed by atoms with van der Waals surface area (Å²) in [6.07, 6.45) is -4.16. The molecule has 552 valence electrons. The second kappa shape index (κ2) is 28.1. The van der Waals surface area contributed by atoms with Crippen LogP contribution in [0.5, 0.6) is 23.0 Å². The minimum Gasteiger partial charge on any atom is -0.378 e. The Balaban J connectivity index is 1.16. The number of rotatable bonds is 20. The highest BCUT2D eigenvalue weighted by Crippen LogP contribution is 2.48. The summed E-state index contributed by atoms with van der Waals surface area (Å²) >= 11 is 0. The van der Waals surface area contributed by atoms with Crippen molar-refractivity contribution >= 4 is 129 Å². The number of nitro groups is 4. The lowest BCUT2D eigenvalue weighted by Gasteiger charge is -2.23. The molecule has 0 heterocycles. The van der Waals surface area contributed by atoms with Crippen LogP contribution >= 0.6 is 0 Å². The summed E-state index contributed by atoms with van der Waals surface area (Å²) in [7, 11) is -7.50. The standard InChI is InChI=1S/C76H64N8O20S4/c1-77(2)65-25-9-21-61-57(65)17-13-29-69(61)105(93,94)101-73-45-33-47-39-54(82(87)88)41-49(74(47)102-106(95,96)70-30-14-18-58-62(70)22-10-26-66(58)78(3)4)35-51-43-56(84(91)92)44-52(76(51)104-108(99,100)72-32-16-20-60-64(72)24-12-28-68(60)80(7)8)36-50-42-55(83(89)90)40-48(34-46(73)38-53(37-45)81(85)86)75(50)103-107(97,98)71-31-15-19-59-63(71)23-11-27-67(59)79(5)6/h9-32,37-44H,33-36H2,1-8H3. The van der Waals surface area contributed by atoms with E-state index in [1.54, 1.807) is 149 Å². The van der Waals surface area contributed by atoms with Crippen LogP contribution in [0.15, 0.2) is 214 Å². The Kier molecular flexibility index (Phi) is 19.2. The first-order valence-corrected chi connectivity index (χ1v) is 38.5. The molecule has 0 spiro atoms. The predicted octanol–water partition coefficient (Wildman–Crippen LogP) is 13.9. The van der Waals surface area contributed by atoms with Gasteiger partial charge in [0.15, 0.2) is 23.0 Å². The zero-order valence-corrected chi connectivity index (χ0v) is 61.9. The molecule has 12 aromatic carbocycles. The van der Waals surface area contributed by atoms with Crippen LogP contribution in [0, 0.1) is 40.5 Å². The first-order chi connectivity index (χ1) is 51.1. The van der Waals surface area contributed by atoms with Gasteiger partial charge in [-0.1, -0.05) is 97.1 Å². The summed E-state index contributed by atoms with van der Waals surface area (Å²) < 4.78 is 151. The van der Waals surface area contributed by atoms with E-state index in [9.17, 15) is 40.5 Å². The second-order valence-electron chi connectivity index (χ2n) is 26.3. The van der Waals surface area contributed by atoms with Crippen LogP contribution in [-0.4, -0.2) is 110 Å². The second-order valence-corrected chi connectivity index (χ2v) is 32.4. The van der Waals surface area contributed by atoms with E-state index in [2.05, 4.69) is 0 Å². The first-order valence-electron chi connectivity index (χ1n) is 32.9. The van der Waals surface area contributed by atoms with Crippen molar-refractivity contribution in [3.05, 3.63) is 279 Å². The number of benzene rings is 12. The Morgan fingerprint density at radius 1 is 0.259 bits per heavy atom. The van der Waals surface area contributed by atoms with E-state index < -0.39 is 196 Å². The lowest BCUT2D eigenvalue weighted by Crippen LogP contribution is -2.17. The van der Waals surface area contributed by atoms with E-state index in [1.165, 1.54) is 72.8 Å². The van der Waals surface area contributed by atoms with Crippen molar-refractivity contribution in [1.82, 2.24) is 0 Å². The van der Waals surface area contributed by atoms with Gasteiger partial charge in [0.25, 0.3) is 22.7 Å². The summed E-state index contributed by atoms with van der Waals surface area (Å²) in [6.45, 7) is 0. The van der Waals surface area contributed by atoms with Crippen LogP contribution in [-0.2, 0) is 66.2 Å². The van der Waals surface area contributed by atoms with Crippen LogP contribution in [0.3, 0.4) is 0 Å². The normalized spacial score (nSPS) is 12.5. The molecular formula is C76H64N8O20S4. The number of nitro benzene ring substituents is 4. The Morgan fingerprint density at radius 3 is 0.574 bits per heavy atom. The Morgan fingerprint density at radius 2 is 0.417 bits per heavy atom. The molecule has 0 saturated carbocycles. The smallest absolute Gasteiger partial charge is 0.339 e. The van der Waals surface area contributed by atoms with Crippen molar-refractivity contribution in [2.75, 3.05) is 76.0 Å². The minimum atomic E-state index is -5.31. The van der Waals surface area contributed by atoms with E-state index in [0.29, 0.717) is 44.3 Å². The molecule has 0 fully saturated rings. The molecule has 108 heavy (non-hydrogen) atoms. The van der Waals surface area contributed by atoms with Crippen molar-refractivity contribution in [2.45, 2.75) is 45.3 Å². The maximum Gasteiger partial charge on any atom is 0.339 e. The third-order valence-electron chi connectivity index (χ3n) is 18.5. The highest BCUT2D eigenvalue weighted by Gasteiger charge is 2.36. The third kappa shape index (κ3) is 13.9. The lowest BCUT2D eigenvalue weighted by atomic mass is 9.90. The molecular weight excluding hydrogens is 1470 g/mol. The van der Waals surface area contributed by atoms with Gasteiger partial charge in [0.2, 0.25) is 0 Å². The SMILES string of the molecule is CN(C)c1cccc2c(S(=O)(=O)Oc3c4cc([N+](=O)[O-])cc3Cc3cc([N+](=O)[O-])cc(c3OS(=O)(=O)c3cccc5c(N(C)C)cccc35)Cc3cc([N+](=O)[O-])cc(c3OS(=O)(=O)c3cccc5c(N(C)C)cccc35)Cc3cc([N+](=O)[O-])cc(c3OS(=O)(=O)c3cccc5c(N(C)C)cccc35)C4)cccc12. The first kappa shape index (κ1) is 73.8. The molecule has 32 heteroatoms. The molecule has 0 N–H and O–H groups in total. The highest BCUT2D eigenvalue weighted by atomic mass is 32.2. The van der Waals surface area contributed by atoms with Gasteiger partial charge >= 0.3 is 40.5 Å². The molecule has 0 amide bonds. The largest absolute Gasteiger partial charge is 0.378 e. The summed E-state index contributed by atoms with van der Waals surface area (Å²) in [5.74, 6) is -3.22. The fourth-order valence-corrected chi connectivity index (χ4v) is 18.6. The Hall–Kier alpha value is -12.5. The van der Waals surface area contributed by atoms with Crippen LogP contribution in [0.1, 0.15) is 44.5 Å². The van der Waals surface area contributed by atoms with Gasteiger partial charge in [-0.3, -0.25) is 40.5 Å². The van der Waals surface area contributed by atoms with Gasteiger partial charge in [0, 0.05) is 241 Å². The van der Waals surface area contributed by atoms with Gasteiger partial charge in [0.1, 0.15) is 19.6 Å². The molecule has 13 rings (SSSR count).